The number of nitrogens with zero attached hydrogens (tertiary/aromatic N) is 1. The van der Waals surface area contributed by atoms with Crippen molar-refractivity contribution in [3.8, 4) is 0 Å². The van der Waals surface area contributed by atoms with Crippen molar-refractivity contribution in [2.75, 3.05) is 41.0 Å². The molecule has 0 aromatic carbocycles. The Morgan fingerprint density at radius 3 is 1.56 bits per heavy atom. The zero-order valence-electron chi connectivity index (χ0n) is 32.3. The smallest absolute Gasteiger partial charge is 0.362 e. The highest BCUT2D eigenvalue weighted by molar-refractivity contribution is 5.72. The molecule has 0 saturated heterocycles. The molecule has 0 aromatic rings. The molecule has 50 heavy (non-hydrogen) atoms. The summed E-state index contributed by atoms with van der Waals surface area (Å²) in [7, 11) is 5.50. The first-order chi connectivity index (χ1) is 24.1. The standard InChI is InChI=1S/C42H71NO7/c1-6-8-10-12-14-16-18-20-21-23-24-26-28-30-32-40(44)49-37-38(36-48-35-34-39(42(46)47)43(3,4)5)50-41(45)33-31-29-27-25-22-19-17-15-13-11-9-7-2/h8-11,14-17,20-21,38-39H,6-7,12-13,18-19,22-37H2,1-5H3/p+1/b10-8+,11-9+,16-14+,17-15+,21-20+. The van der Waals surface area contributed by atoms with Gasteiger partial charge in [0.1, 0.15) is 6.61 Å². The highest BCUT2D eigenvalue weighted by Gasteiger charge is 2.31. The average Bonchev–Trinajstić information content (AvgIpc) is 3.06. The van der Waals surface area contributed by atoms with Crippen molar-refractivity contribution < 1.29 is 38.2 Å². The van der Waals surface area contributed by atoms with Gasteiger partial charge in [0, 0.05) is 19.3 Å². The number of allylic oxidation sites excluding steroid dienone is 10. The fourth-order valence-electron chi connectivity index (χ4n) is 5.20. The summed E-state index contributed by atoms with van der Waals surface area (Å²) >= 11 is 0. The van der Waals surface area contributed by atoms with Crippen molar-refractivity contribution in [1.82, 2.24) is 0 Å². The summed E-state index contributed by atoms with van der Waals surface area (Å²) in [6.45, 7) is 4.44. The molecule has 286 valence electrons. The number of aliphatic carboxylic acids is 1. The number of ether oxygens (including phenoxy) is 3. The van der Waals surface area contributed by atoms with Crippen molar-refractivity contribution in [3.05, 3.63) is 60.8 Å². The summed E-state index contributed by atoms with van der Waals surface area (Å²) in [5, 5.41) is 9.58. The Morgan fingerprint density at radius 1 is 0.600 bits per heavy atom. The quantitative estimate of drug-likeness (QED) is 0.0315. The molecule has 0 aliphatic rings. The number of carboxylic acids is 1. The van der Waals surface area contributed by atoms with E-state index in [4.69, 9.17) is 14.2 Å². The number of carbonyl (C=O) groups excluding carboxylic acids is 2. The summed E-state index contributed by atoms with van der Waals surface area (Å²) in [5.41, 5.74) is 0. The largest absolute Gasteiger partial charge is 0.477 e. The molecule has 2 atom stereocenters. The zero-order valence-corrected chi connectivity index (χ0v) is 32.3. The molecule has 0 amide bonds. The van der Waals surface area contributed by atoms with Gasteiger partial charge in [-0.2, -0.15) is 0 Å². The van der Waals surface area contributed by atoms with E-state index in [1.54, 1.807) is 0 Å². The molecule has 0 radical (unpaired) electrons. The van der Waals surface area contributed by atoms with Crippen molar-refractivity contribution in [2.45, 2.75) is 148 Å². The summed E-state index contributed by atoms with van der Waals surface area (Å²) in [6, 6.07) is -0.621. The number of rotatable bonds is 33. The Bertz CT molecular complexity index is 1010. The van der Waals surface area contributed by atoms with Crippen LogP contribution in [0.3, 0.4) is 0 Å². The van der Waals surface area contributed by atoms with E-state index >= 15 is 0 Å². The van der Waals surface area contributed by atoms with E-state index in [0.29, 0.717) is 19.3 Å². The first-order valence-electron chi connectivity index (χ1n) is 19.3. The molecular weight excluding hydrogens is 630 g/mol. The second-order valence-corrected chi connectivity index (χ2v) is 13.8. The number of unbranched alkanes of at least 4 members (excludes halogenated alkanes) is 9. The van der Waals surface area contributed by atoms with Crippen LogP contribution in [0.25, 0.3) is 0 Å². The topological polar surface area (TPSA) is 99.1 Å². The SMILES string of the molecule is CC/C=C/C/C=C/C/C=C/CCCCCCC(=O)OCC(COCCC(C(=O)O)[N+](C)(C)C)OC(=O)CCCCCCC/C=C/C/C=C/CC. The maximum Gasteiger partial charge on any atom is 0.362 e. The fourth-order valence-corrected chi connectivity index (χ4v) is 5.20. The van der Waals surface area contributed by atoms with Gasteiger partial charge < -0.3 is 23.8 Å². The van der Waals surface area contributed by atoms with Gasteiger partial charge in [-0.25, -0.2) is 4.79 Å². The molecule has 0 aliphatic heterocycles. The molecule has 8 heteroatoms. The van der Waals surface area contributed by atoms with Crippen molar-refractivity contribution in [1.29, 1.82) is 0 Å². The van der Waals surface area contributed by atoms with Gasteiger partial charge >= 0.3 is 17.9 Å². The van der Waals surface area contributed by atoms with Gasteiger partial charge in [0.2, 0.25) is 0 Å². The third-order valence-electron chi connectivity index (χ3n) is 8.16. The second kappa shape index (κ2) is 33.2. The van der Waals surface area contributed by atoms with E-state index in [0.717, 1.165) is 103 Å². The molecular formula is C42H72NO7+. The predicted octanol–water partition coefficient (Wildman–Crippen LogP) is 9.85. The zero-order chi connectivity index (χ0) is 37.1. The van der Waals surface area contributed by atoms with Crippen LogP contribution in [-0.4, -0.2) is 80.6 Å². The van der Waals surface area contributed by atoms with Crippen LogP contribution in [-0.2, 0) is 28.6 Å². The lowest BCUT2D eigenvalue weighted by Gasteiger charge is -2.31. The Hall–Kier alpha value is -2.97. The Kier molecular flexibility index (Phi) is 31.2. The lowest BCUT2D eigenvalue weighted by atomic mass is 10.1. The van der Waals surface area contributed by atoms with Crippen LogP contribution in [0, 0.1) is 0 Å². The highest BCUT2D eigenvalue weighted by atomic mass is 16.6. The van der Waals surface area contributed by atoms with Crippen LogP contribution < -0.4 is 0 Å². The lowest BCUT2D eigenvalue weighted by molar-refractivity contribution is -0.887. The van der Waals surface area contributed by atoms with E-state index in [9.17, 15) is 19.5 Å². The number of carboxylic acid groups (broad SMARTS) is 1. The van der Waals surface area contributed by atoms with Crippen LogP contribution in [0.2, 0.25) is 0 Å². The molecule has 0 saturated carbocycles. The molecule has 0 aliphatic carbocycles. The van der Waals surface area contributed by atoms with Crippen LogP contribution in [0.1, 0.15) is 136 Å². The number of likely N-dealkylation sites (N-methyl/N-ethyl adjacent to an activating group) is 1. The molecule has 0 bridgehead atoms. The van der Waals surface area contributed by atoms with Gasteiger partial charge in [0.25, 0.3) is 0 Å². The fraction of sp³-hybridized carbons (Fsp3) is 0.690. The van der Waals surface area contributed by atoms with E-state index in [1.807, 2.05) is 21.1 Å². The Morgan fingerprint density at radius 2 is 1.06 bits per heavy atom. The third kappa shape index (κ3) is 31.0. The van der Waals surface area contributed by atoms with Crippen LogP contribution in [0.5, 0.6) is 0 Å². The molecule has 2 unspecified atom stereocenters. The summed E-state index contributed by atoms with van der Waals surface area (Å²) in [5.74, 6) is -1.53. The molecule has 0 aromatic heterocycles. The number of quaternary nitrogens is 1. The van der Waals surface area contributed by atoms with Crippen molar-refractivity contribution in [2.24, 2.45) is 0 Å². The normalized spacial score (nSPS) is 13.7. The molecule has 0 fully saturated rings. The van der Waals surface area contributed by atoms with Gasteiger partial charge in [0.05, 0.1) is 34.4 Å². The molecule has 0 heterocycles. The van der Waals surface area contributed by atoms with Gasteiger partial charge in [-0.3, -0.25) is 9.59 Å². The first-order valence-corrected chi connectivity index (χ1v) is 19.3. The van der Waals surface area contributed by atoms with Crippen LogP contribution in [0.15, 0.2) is 60.8 Å². The monoisotopic (exact) mass is 703 g/mol. The maximum atomic E-state index is 12.6. The van der Waals surface area contributed by atoms with Gasteiger partial charge in [-0.05, 0) is 70.6 Å². The van der Waals surface area contributed by atoms with E-state index in [-0.39, 0.29) is 36.2 Å². The minimum absolute atomic E-state index is 0.0451. The Balaban J connectivity index is 4.48. The van der Waals surface area contributed by atoms with E-state index < -0.39 is 18.1 Å². The number of esters is 2. The number of hydrogen-bond acceptors (Lipinski definition) is 6. The van der Waals surface area contributed by atoms with Crippen molar-refractivity contribution >= 4 is 17.9 Å². The third-order valence-corrected chi connectivity index (χ3v) is 8.16. The average molecular weight is 703 g/mol. The van der Waals surface area contributed by atoms with Gasteiger partial charge in [-0.15, -0.1) is 0 Å². The summed E-state index contributed by atoms with van der Waals surface area (Å²) in [6.07, 6.45) is 38.4. The number of hydrogen-bond donors (Lipinski definition) is 1. The summed E-state index contributed by atoms with van der Waals surface area (Å²) < 4.78 is 17.2. The maximum absolute atomic E-state index is 12.6. The van der Waals surface area contributed by atoms with Crippen LogP contribution in [0.4, 0.5) is 0 Å². The lowest BCUT2D eigenvalue weighted by Crippen LogP contribution is -2.50. The van der Waals surface area contributed by atoms with Crippen molar-refractivity contribution in [3.63, 3.8) is 0 Å². The van der Waals surface area contributed by atoms with E-state index in [1.165, 1.54) is 0 Å². The van der Waals surface area contributed by atoms with Crippen LogP contribution >= 0.6 is 0 Å². The highest BCUT2D eigenvalue weighted by Crippen LogP contribution is 2.12. The minimum Gasteiger partial charge on any atom is -0.477 e. The number of carbonyl (C=O) groups is 3. The van der Waals surface area contributed by atoms with E-state index in [2.05, 4.69) is 74.6 Å². The Labute approximate surface area is 305 Å². The molecule has 8 nitrogen and oxygen atoms in total. The predicted molar refractivity (Wildman–Crippen MR) is 206 cm³/mol. The van der Waals surface area contributed by atoms with Gasteiger partial charge in [0.15, 0.2) is 12.1 Å². The second-order valence-electron chi connectivity index (χ2n) is 13.8. The first kappa shape index (κ1) is 47.0. The molecule has 1 N–H and O–H groups in total. The molecule has 0 rings (SSSR count). The van der Waals surface area contributed by atoms with Gasteiger partial charge in [-0.1, -0.05) is 107 Å². The molecule has 0 spiro atoms. The minimum atomic E-state index is -0.885. The summed E-state index contributed by atoms with van der Waals surface area (Å²) in [4.78, 5) is 36.8.